The minimum atomic E-state index is -0.0290. The second-order valence-electron chi connectivity index (χ2n) is 4.83. The Hall–Kier alpha value is -1.71. The first-order chi connectivity index (χ1) is 8.31. The lowest BCUT2D eigenvalue weighted by molar-refractivity contribution is 0.237. The van der Waals surface area contributed by atoms with Crippen LogP contribution in [0, 0.1) is 0 Å². The van der Waals surface area contributed by atoms with Crippen molar-refractivity contribution < 1.29 is 4.79 Å². The number of anilines is 1. The molecule has 1 aromatic carbocycles. The third kappa shape index (κ3) is 2.52. The predicted octanol–water partition coefficient (Wildman–Crippen LogP) is 1.48. The number of urea groups is 1. The van der Waals surface area contributed by atoms with Crippen molar-refractivity contribution in [1.82, 2.24) is 10.6 Å². The molecule has 3 rings (SSSR count). The first-order valence-electron chi connectivity index (χ1n) is 6.20. The molecule has 0 saturated heterocycles. The zero-order chi connectivity index (χ0) is 11.7. The Morgan fingerprint density at radius 3 is 2.76 bits per heavy atom. The predicted molar refractivity (Wildman–Crippen MR) is 67.1 cm³/mol. The summed E-state index contributed by atoms with van der Waals surface area (Å²) in [6, 6.07) is 8.82. The van der Waals surface area contributed by atoms with Crippen molar-refractivity contribution in [2.75, 3.05) is 11.9 Å². The van der Waals surface area contributed by atoms with Crippen LogP contribution in [0.5, 0.6) is 0 Å². The fourth-order valence-electron chi connectivity index (χ4n) is 2.18. The minimum absolute atomic E-state index is 0.0290. The molecule has 4 heteroatoms. The van der Waals surface area contributed by atoms with E-state index in [2.05, 4.69) is 28.1 Å². The number of carbonyl (C=O) groups excluding carboxylic acids is 1. The van der Waals surface area contributed by atoms with Crippen molar-refractivity contribution in [3.63, 3.8) is 0 Å². The fourth-order valence-corrected chi connectivity index (χ4v) is 2.18. The molecule has 1 aliphatic heterocycles. The van der Waals surface area contributed by atoms with Crippen molar-refractivity contribution in [2.24, 2.45) is 0 Å². The highest BCUT2D eigenvalue weighted by molar-refractivity contribution is 5.75. The van der Waals surface area contributed by atoms with Crippen LogP contribution in [-0.4, -0.2) is 24.7 Å². The van der Waals surface area contributed by atoms with E-state index in [9.17, 15) is 4.79 Å². The fraction of sp³-hybridized carbons (Fsp3) is 0.462. The molecule has 0 spiro atoms. The molecule has 4 nitrogen and oxygen atoms in total. The van der Waals surface area contributed by atoms with Gasteiger partial charge in [-0.2, -0.15) is 0 Å². The van der Waals surface area contributed by atoms with Gasteiger partial charge in [-0.25, -0.2) is 4.79 Å². The summed E-state index contributed by atoms with van der Waals surface area (Å²) >= 11 is 0. The molecule has 0 bridgehead atoms. The standard InChI is InChI=1S/C13H17N3O/c17-13(15-10-5-6-10)16-11-7-9-3-1-2-4-12(9)14-8-11/h1-4,10-11,14H,5-8H2,(H2,15,16,17). The molecule has 1 atom stereocenters. The van der Waals surface area contributed by atoms with Crippen LogP contribution in [0.15, 0.2) is 24.3 Å². The van der Waals surface area contributed by atoms with E-state index in [0.717, 1.165) is 25.8 Å². The van der Waals surface area contributed by atoms with E-state index in [0.29, 0.717) is 6.04 Å². The number of amides is 2. The van der Waals surface area contributed by atoms with Gasteiger partial charge in [-0.1, -0.05) is 18.2 Å². The van der Waals surface area contributed by atoms with Crippen molar-refractivity contribution in [2.45, 2.75) is 31.3 Å². The van der Waals surface area contributed by atoms with Crippen molar-refractivity contribution >= 4 is 11.7 Å². The van der Waals surface area contributed by atoms with Gasteiger partial charge in [-0.05, 0) is 30.9 Å². The number of carbonyl (C=O) groups is 1. The summed E-state index contributed by atoms with van der Waals surface area (Å²) in [4.78, 5) is 11.6. The van der Waals surface area contributed by atoms with Gasteiger partial charge in [0, 0.05) is 18.3 Å². The van der Waals surface area contributed by atoms with Crippen LogP contribution in [0.3, 0.4) is 0 Å². The van der Waals surface area contributed by atoms with Gasteiger partial charge in [0.05, 0.1) is 6.04 Å². The Bertz CT molecular complexity index is 428. The summed E-state index contributed by atoms with van der Waals surface area (Å²) in [5, 5.41) is 9.31. The summed E-state index contributed by atoms with van der Waals surface area (Å²) in [6.45, 7) is 0.801. The smallest absolute Gasteiger partial charge is 0.315 e. The number of fused-ring (bicyclic) bond motifs is 1. The highest BCUT2D eigenvalue weighted by Gasteiger charge is 2.25. The average molecular weight is 231 g/mol. The summed E-state index contributed by atoms with van der Waals surface area (Å²) in [5.74, 6) is 0. The Morgan fingerprint density at radius 1 is 1.18 bits per heavy atom. The van der Waals surface area contributed by atoms with Gasteiger partial charge in [0.2, 0.25) is 0 Å². The zero-order valence-electron chi connectivity index (χ0n) is 9.70. The van der Waals surface area contributed by atoms with E-state index < -0.39 is 0 Å². The van der Waals surface area contributed by atoms with Gasteiger partial charge in [0.15, 0.2) is 0 Å². The molecular formula is C13H17N3O. The van der Waals surface area contributed by atoms with Crippen molar-refractivity contribution in [1.29, 1.82) is 0 Å². The normalized spacial score (nSPS) is 22.2. The maximum atomic E-state index is 11.6. The molecule has 2 aliphatic rings. The van der Waals surface area contributed by atoms with Gasteiger partial charge < -0.3 is 16.0 Å². The number of rotatable bonds is 2. The molecule has 90 valence electrons. The molecule has 1 fully saturated rings. The quantitative estimate of drug-likeness (QED) is 0.722. The number of nitrogens with one attached hydrogen (secondary N) is 3. The molecule has 0 aromatic heterocycles. The van der Waals surface area contributed by atoms with Gasteiger partial charge >= 0.3 is 6.03 Å². The van der Waals surface area contributed by atoms with Gasteiger partial charge in [-0.15, -0.1) is 0 Å². The van der Waals surface area contributed by atoms with Crippen LogP contribution in [-0.2, 0) is 6.42 Å². The number of hydrogen-bond acceptors (Lipinski definition) is 2. The topological polar surface area (TPSA) is 53.2 Å². The summed E-state index contributed by atoms with van der Waals surface area (Å²) in [5.41, 5.74) is 2.46. The van der Waals surface area contributed by atoms with E-state index >= 15 is 0 Å². The molecule has 0 radical (unpaired) electrons. The second-order valence-corrected chi connectivity index (χ2v) is 4.83. The molecule has 1 saturated carbocycles. The summed E-state index contributed by atoms with van der Waals surface area (Å²) in [6.07, 6.45) is 3.15. The largest absolute Gasteiger partial charge is 0.383 e. The third-order valence-electron chi connectivity index (χ3n) is 3.27. The molecule has 17 heavy (non-hydrogen) atoms. The third-order valence-corrected chi connectivity index (χ3v) is 3.27. The van der Waals surface area contributed by atoms with E-state index in [1.165, 1.54) is 11.3 Å². The van der Waals surface area contributed by atoms with Gasteiger partial charge in [0.1, 0.15) is 0 Å². The molecule has 2 amide bonds. The van der Waals surface area contributed by atoms with Crippen LogP contribution in [0.1, 0.15) is 18.4 Å². The number of benzene rings is 1. The van der Waals surface area contributed by atoms with E-state index in [-0.39, 0.29) is 12.1 Å². The first kappa shape index (κ1) is 10.4. The Labute approximate surface area is 101 Å². The lowest BCUT2D eigenvalue weighted by Crippen LogP contribution is -2.48. The molecule has 1 unspecified atom stereocenters. The Kier molecular flexibility index (Phi) is 2.63. The van der Waals surface area contributed by atoms with Crippen molar-refractivity contribution in [3.05, 3.63) is 29.8 Å². The maximum absolute atomic E-state index is 11.6. The lowest BCUT2D eigenvalue weighted by Gasteiger charge is -2.26. The molecule has 1 aromatic rings. The van der Waals surface area contributed by atoms with Crippen LogP contribution in [0.4, 0.5) is 10.5 Å². The highest BCUT2D eigenvalue weighted by atomic mass is 16.2. The molecule has 1 aliphatic carbocycles. The van der Waals surface area contributed by atoms with E-state index in [1.54, 1.807) is 0 Å². The molecular weight excluding hydrogens is 214 g/mol. The number of hydrogen-bond donors (Lipinski definition) is 3. The second kappa shape index (κ2) is 4.28. The van der Waals surface area contributed by atoms with E-state index in [4.69, 9.17) is 0 Å². The van der Waals surface area contributed by atoms with Crippen molar-refractivity contribution in [3.8, 4) is 0 Å². The number of para-hydroxylation sites is 1. The van der Waals surface area contributed by atoms with Crippen LogP contribution in [0.25, 0.3) is 0 Å². The SMILES string of the molecule is O=C(NC1CC1)NC1CNc2ccccc2C1. The van der Waals surface area contributed by atoms with Crippen LogP contribution in [0.2, 0.25) is 0 Å². The van der Waals surface area contributed by atoms with Crippen LogP contribution < -0.4 is 16.0 Å². The van der Waals surface area contributed by atoms with E-state index in [1.807, 2.05) is 12.1 Å². The summed E-state index contributed by atoms with van der Waals surface area (Å²) < 4.78 is 0. The Balaban J connectivity index is 1.57. The molecule has 3 N–H and O–H groups in total. The lowest BCUT2D eigenvalue weighted by atomic mass is 10.00. The maximum Gasteiger partial charge on any atom is 0.315 e. The highest BCUT2D eigenvalue weighted by Crippen LogP contribution is 2.21. The van der Waals surface area contributed by atoms with Gasteiger partial charge in [0.25, 0.3) is 0 Å². The first-order valence-corrected chi connectivity index (χ1v) is 6.20. The molecule has 1 heterocycles. The van der Waals surface area contributed by atoms with Gasteiger partial charge in [-0.3, -0.25) is 0 Å². The average Bonchev–Trinajstić information content (AvgIpc) is 3.12. The monoisotopic (exact) mass is 231 g/mol. The summed E-state index contributed by atoms with van der Waals surface area (Å²) in [7, 11) is 0. The zero-order valence-corrected chi connectivity index (χ0v) is 9.70. The van der Waals surface area contributed by atoms with Crippen LogP contribution >= 0.6 is 0 Å². The minimum Gasteiger partial charge on any atom is -0.383 e. The Morgan fingerprint density at radius 2 is 1.94 bits per heavy atom.